The predicted molar refractivity (Wildman–Crippen MR) is 95.6 cm³/mol. The molecule has 3 aromatic rings. The Hall–Kier alpha value is -3.60. The Kier molecular flexibility index (Phi) is 4.12. The van der Waals surface area contributed by atoms with E-state index in [-0.39, 0.29) is 12.2 Å². The minimum Gasteiger partial charge on any atom is -0.289 e. The van der Waals surface area contributed by atoms with Crippen LogP contribution in [-0.2, 0) is 0 Å². The summed E-state index contributed by atoms with van der Waals surface area (Å²) in [4.78, 5) is 23.6. The minimum absolute atomic E-state index is 0.105. The summed E-state index contributed by atoms with van der Waals surface area (Å²) >= 11 is 0. The number of carbonyl (C=O) groups excluding carboxylic acids is 1. The van der Waals surface area contributed by atoms with Crippen molar-refractivity contribution in [2.75, 3.05) is 16.3 Å². The van der Waals surface area contributed by atoms with E-state index in [1.165, 1.54) is 28.1 Å². The van der Waals surface area contributed by atoms with Gasteiger partial charge in [0, 0.05) is 17.0 Å². The third kappa shape index (κ3) is 2.83. The number of nitriles is 1. The monoisotopic (exact) mass is 365 g/mol. The van der Waals surface area contributed by atoms with E-state index in [2.05, 4.69) is 16.0 Å². The fourth-order valence-electron chi connectivity index (χ4n) is 3.16. The van der Waals surface area contributed by atoms with Crippen molar-refractivity contribution in [3.05, 3.63) is 60.7 Å². The van der Waals surface area contributed by atoms with Crippen molar-refractivity contribution in [1.29, 1.82) is 5.26 Å². The molecule has 1 aliphatic heterocycles. The van der Waals surface area contributed by atoms with Gasteiger partial charge in [-0.2, -0.15) is 5.26 Å². The fraction of sp³-hybridized carbons (Fsp3) is 0.158. The number of pyridine rings is 2. The second kappa shape index (κ2) is 6.61. The topological polar surface area (TPSA) is 73.1 Å². The summed E-state index contributed by atoms with van der Waals surface area (Å²) in [6, 6.07) is 11.0. The molecule has 2 aromatic heterocycles. The number of aromatic nitrogens is 2. The second-order valence-electron chi connectivity index (χ2n) is 6.03. The van der Waals surface area contributed by atoms with E-state index >= 15 is 0 Å². The van der Waals surface area contributed by atoms with Gasteiger partial charge in [0.2, 0.25) is 0 Å². The maximum Gasteiger partial charge on any atom is 0.330 e. The highest BCUT2D eigenvalue weighted by Crippen LogP contribution is 2.33. The minimum atomic E-state index is -2.68. The molecule has 1 atom stereocenters. The number of anilines is 2. The molecule has 0 aliphatic carbocycles. The largest absolute Gasteiger partial charge is 0.330 e. The van der Waals surface area contributed by atoms with Gasteiger partial charge in [-0.05, 0) is 12.1 Å². The fourth-order valence-corrected chi connectivity index (χ4v) is 3.16. The first-order valence-electron chi connectivity index (χ1n) is 8.17. The van der Waals surface area contributed by atoms with Crippen molar-refractivity contribution >= 4 is 28.2 Å². The van der Waals surface area contributed by atoms with E-state index in [9.17, 15) is 18.8 Å². The number of alkyl halides is 2. The summed E-state index contributed by atoms with van der Waals surface area (Å²) in [6.45, 7) is 0.105. The number of hydrogen-bond acceptors (Lipinski definition) is 4. The molecule has 1 aliphatic rings. The van der Waals surface area contributed by atoms with Crippen molar-refractivity contribution in [3.63, 3.8) is 0 Å². The highest BCUT2D eigenvalue weighted by Gasteiger charge is 2.40. The molecule has 2 amide bonds. The third-order valence-electron chi connectivity index (χ3n) is 4.47. The number of benzene rings is 1. The van der Waals surface area contributed by atoms with Gasteiger partial charge in [-0.3, -0.25) is 19.8 Å². The van der Waals surface area contributed by atoms with Gasteiger partial charge in [0.15, 0.2) is 0 Å². The molecule has 0 radical (unpaired) electrons. The van der Waals surface area contributed by atoms with E-state index in [0.717, 1.165) is 10.8 Å². The molecular formula is C19H13F2N5O. The summed E-state index contributed by atoms with van der Waals surface area (Å²) in [5.74, 6) is 0. The van der Waals surface area contributed by atoms with E-state index in [1.807, 2.05) is 24.3 Å². The molecule has 27 heavy (non-hydrogen) atoms. The summed E-state index contributed by atoms with van der Waals surface area (Å²) in [5.41, 5.74) is 0.530. The van der Waals surface area contributed by atoms with Gasteiger partial charge in [-0.25, -0.2) is 13.6 Å². The normalized spacial score (nSPS) is 17.0. The van der Waals surface area contributed by atoms with Gasteiger partial charge >= 0.3 is 6.03 Å². The summed E-state index contributed by atoms with van der Waals surface area (Å²) in [7, 11) is 0. The number of urea groups is 1. The van der Waals surface area contributed by atoms with E-state index < -0.39 is 18.5 Å². The summed E-state index contributed by atoms with van der Waals surface area (Å²) in [6.07, 6.45) is 1.77. The third-order valence-corrected chi connectivity index (χ3v) is 4.47. The predicted octanol–water partition coefficient (Wildman–Crippen LogP) is 3.91. The van der Waals surface area contributed by atoms with Gasteiger partial charge in [0.25, 0.3) is 6.43 Å². The molecule has 4 rings (SSSR count). The van der Waals surface area contributed by atoms with Gasteiger partial charge in [-0.1, -0.05) is 24.3 Å². The molecule has 1 saturated heterocycles. The molecule has 3 heterocycles. The van der Waals surface area contributed by atoms with Crippen molar-refractivity contribution in [2.45, 2.75) is 12.5 Å². The Morgan fingerprint density at radius 2 is 1.96 bits per heavy atom. The number of rotatable bonds is 3. The quantitative estimate of drug-likeness (QED) is 0.705. The lowest BCUT2D eigenvalue weighted by molar-refractivity contribution is 0.146. The van der Waals surface area contributed by atoms with E-state index in [1.54, 1.807) is 12.4 Å². The maximum absolute atomic E-state index is 13.0. The molecule has 8 heteroatoms. The van der Waals surface area contributed by atoms with E-state index in [0.29, 0.717) is 11.4 Å². The lowest BCUT2D eigenvalue weighted by Crippen LogP contribution is -2.34. The van der Waals surface area contributed by atoms with Crippen LogP contribution < -0.4 is 9.80 Å². The van der Waals surface area contributed by atoms with Crippen LogP contribution >= 0.6 is 0 Å². The summed E-state index contributed by atoms with van der Waals surface area (Å²) < 4.78 is 25.4. The molecule has 1 aromatic carbocycles. The molecule has 6 nitrogen and oxygen atoms in total. The Morgan fingerprint density at radius 1 is 1.15 bits per heavy atom. The Labute approximate surface area is 153 Å². The SMILES string of the molecule is N#C[C@H]1CN(c2ccc(C(F)F)nc2)C(=O)N1c1cncc2ccccc12. The Bertz CT molecular complexity index is 1040. The number of fused-ring (bicyclic) bond motifs is 1. The average molecular weight is 365 g/mol. The maximum atomic E-state index is 13.0. The number of hydrogen-bond donors (Lipinski definition) is 0. The van der Waals surface area contributed by atoms with Crippen molar-refractivity contribution in [3.8, 4) is 6.07 Å². The number of nitrogens with zero attached hydrogens (tertiary/aromatic N) is 5. The molecule has 0 saturated carbocycles. The van der Waals surface area contributed by atoms with Crippen molar-refractivity contribution < 1.29 is 13.6 Å². The molecular weight excluding hydrogens is 352 g/mol. The molecule has 0 N–H and O–H groups in total. The summed E-state index contributed by atoms with van der Waals surface area (Å²) in [5, 5.41) is 11.2. The Morgan fingerprint density at radius 3 is 2.67 bits per heavy atom. The zero-order chi connectivity index (χ0) is 19.0. The van der Waals surface area contributed by atoms with Crippen LogP contribution in [0.2, 0.25) is 0 Å². The second-order valence-corrected chi connectivity index (χ2v) is 6.03. The zero-order valence-electron chi connectivity index (χ0n) is 14.0. The highest BCUT2D eigenvalue weighted by molar-refractivity contribution is 6.11. The van der Waals surface area contributed by atoms with Crippen LogP contribution in [0.5, 0.6) is 0 Å². The first kappa shape index (κ1) is 16.8. The molecule has 1 fully saturated rings. The smallest absolute Gasteiger partial charge is 0.289 e. The van der Waals surface area contributed by atoms with Crippen LogP contribution in [0.1, 0.15) is 12.1 Å². The first-order valence-corrected chi connectivity index (χ1v) is 8.17. The number of carbonyl (C=O) groups is 1. The average Bonchev–Trinajstić information content (AvgIpc) is 3.03. The van der Waals surface area contributed by atoms with Gasteiger partial charge in [0.05, 0.1) is 36.4 Å². The van der Waals surface area contributed by atoms with Gasteiger partial charge in [-0.15, -0.1) is 0 Å². The zero-order valence-corrected chi connectivity index (χ0v) is 14.0. The molecule has 0 spiro atoms. The van der Waals surface area contributed by atoms with Crippen LogP contribution in [0.15, 0.2) is 55.0 Å². The van der Waals surface area contributed by atoms with Crippen LogP contribution in [-0.4, -0.2) is 28.6 Å². The van der Waals surface area contributed by atoms with Gasteiger partial charge < -0.3 is 0 Å². The van der Waals surface area contributed by atoms with Crippen LogP contribution in [0.4, 0.5) is 25.0 Å². The van der Waals surface area contributed by atoms with Crippen molar-refractivity contribution in [2.24, 2.45) is 0 Å². The van der Waals surface area contributed by atoms with Gasteiger partial charge in [0.1, 0.15) is 11.7 Å². The molecule has 0 bridgehead atoms. The lowest BCUT2D eigenvalue weighted by atomic mass is 10.1. The van der Waals surface area contributed by atoms with Crippen LogP contribution in [0.25, 0.3) is 10.8 Å². The first-order chi connectivity index (χ1) is 13.1. The van der Waals surface area contributed by atoms with Crippen LogP contribution in [0, 0.1) is 11.3 Å². The molecule has 0 unspecified atom stereocenters. The Balaban J connectivity index is 1.74. The van der Waals surface area contributed by atoms with Crippen LogP contribution in [0.3, 0.4) is 0 Å². The van der Waals surface area contributed by atoms with Crippen molar-refractivity contribution in [1.82, 2.24) is 9.97 Å². The van der Waals surface area contributed by atoms with E-state index in [4.69, 9.17) is 0 Å². The lowest BCUT2D eigenvalue weighted by Gasteiger charge is -2.21. The highest BCUT2D eigenvalue weighted by atomic mass is 19.3. The number of amides is 2. The number of halogens is 2. The molecule has 134 valence electrons. The standard InChI is InChI=1S/C19H13F2N5O/c20-18(21)16-6-5-13(9-24-16)25-11-14(7-22)26(19(25)27)17-10-23-8-12-3-1-2-4-15(12)17/h1-6,8-10,14,18H,11H2/t14-/m0/s1.